The van der Waals surface area contributed by atoms with Crippen LogP contribution in [-0.2, 0) is 22.3 Å². The van der Waals surface area contributed by atoms with Crippen molar-refractivity contribution >= 4 is 28.6 Å². The molecule has 0 spiro atoms. The number of aryl methyl sites for hydroxylation is 1. The van der Waals surface area contributed by atoms with Crippen molar-refractivity contribution < 1.29 is 9.29 Å². The van der Waals surface area contributed by atoms with E-state index >= 15 is 0 Å². The van der Waals surface area contributed by atoms with Gasteiger partial charge in [-0.15, -0.1) is 10.2 Å². The quantitative estimate of drug-likeness (QED) is 0.600. The summed E-state index contributed by atoms with van der Waals surface area (Å²) in [5, 5.41) is 12.3. The van der Waals surface area contributed by atoms with Gasteiger partial charge < -0.3 is 19.5 Å². The van der Waals surface area contributed by atoms with E-state index in [9.17, 15) is 4.55 Å². The van der Waals surface area contributed by atoms with Crippen molar-refractivity contribution in [3.63, 3.8) is 0 Å². The maximum Gasteiger partial charge on any atom is 0.227 e. The second kappa shape index (κ2) is 8.49. The van der Waals surface area contributed by atoms with Crippen LogP contribution in [0.2, 0.25) is 0 Å². The molecule has 10 heteroatoms. The summed E-state index contributed by atoms with van der Waals surface area (Å²) < 4.78 is 20.2. The van der Waals surface area contributed by atoms with Crippen molar-refractivity contribution in [1.82, 2.24) is 24.6 Å². The third-order valence-corrected chi connectivity index (χ3v) is 8.18. The van der Waals surface area contributed by atoms with E-state index in [0.29, 0.717) is 17.7 Å². The molecule has 9 nitrogen and oxygen atoms in total. The lowest BCUT2D eigenvalue weighted by Gasteiger charge is -2.32. The van der Waals surface area contributed by atoms with Crippen LogP contribution in [0.25, 0.3) is 5.65 Å². The minimum Gasteiger partial charge on any atom is -0.611 e. The summed E-state index contributed by atoms with van der Waals surface area (Å²) in [4.78, 5) is 12.8. The van der Waals surface area contributed by atoms with Gasteiger partial charge in [-0.2, -0.15) is 4.98 Å². The van der Waals surface area contributed by atoms with Crippen LogP contribution < -0.4 is 10.2 Å². The third-order valence-electron chi connectivity index (χ3n) is 6.72. The van der Waals surface area contributed by atoms with Crippen LogP contribution in [0.4, 0.5) is 11.8 Å². The van der Waals surface area contributed by atoms with Gasteiger partial charge in [0.25, 0.3) is 0 Å². The Morgan fingerprint density at radius 2 is 1.91 bits per heavy atom. The highest BCUT2D eigenvalue weighted by molar-refractivity contribution is 7.91. The standard InChI is InChI=1S/C22H27N7O2S/c30-32-14-8-17-19(32)20(23-16-6-12-31-13-7-16)25-22(24-17)28-10-4-15(5-11-28)21-27-26-18-3-1-2-9-29(18)21/h1-3,9,15-16H,4-8,10-14H2,(H,23,24,25). The molecule has 0 aliphatic carbocycles. The summed E-state index contributed by atoms with van der Waals surface area (Å²) in [5.74, 6) is 3.55. The number of ether oxygens (including phenoxy) is 1. The summed E-state index contributed by atoms with van der Waals surface area (Å²) in [6, 6.07) is 6.30. The normalized spacial score (nSPS) is 22.4. The first-order valence-corrected chi connectivity index (χ1v) is 12.8. The molecule has 2 fully saturated rings. The van der Waals surface area contributed by atoms with Crippen LogP contribution in [0.3, 0.4) is 0 Å². The Hall–Kier alpha value is -2.43. The van der Waals surface area contributed by atoms with Crippen molar-refractivity contribution in [2.75, 3.05) is 42.3 Å². The van der Waals surface area contributed by atoms with Gasteiger partial charge in [0.15, 0.2) is 11.5 Å². The summed E-state index contributed by atoms with van der Waals surface area (Å²) in [7, 11) is 0. The van der Waals surface area contributed by atoms with E-state index in [4.69, 9.17) is 14.7 Å². The molecule has 3 aromatic heterocycles. The molecule has 3 aliphatic rings. The molecule has 6 rings (SSSR count). The molecule has 0 aromatic carbocycles. The topological polar surface area (TPSA) is 104 Å². The predicted molar refractivity (Wildman–Crippen MR) is 122 cm³/mol. The number of rotatable bonds is 4. The Morgan fingerprint density at radius 3 is 2.75 bits per heavy atom. The van der Waals surface area contributed by atoms with Crippen molar-refractivity contribution in [3.8, 4) is 0 Å². The molecular formula is C22H27N7O2S. The van der Waals surface area contributed by atoms with Gasteiger partial charge in [-0.25, -0.2) is 4.98 Å². The fourth-order valence-electron chi connectivity index (χ4n) is 4.93. The number of hydrogen-bond acceptors (Lipinski definition) is 8. The van der Waals surface area contributed by atoms with E-state index in [1.165, 1.54) is 0 Å². The molecular weight excluding hydrogens is 426 g/mol. The van der Waals surface area contributed by atoms with Gasteiger partial charge in [0.2, 0.25) is 10.8 Å². The van der Waals surface area contributed by atoms with Crippen molar-refractivity contribution in [2.24, 2.45) is 0 Å². The molecule has 0 bridgehead atoms. The van der Waals surface area contributed by atoms with E-state index in [-0.39, 0.29) is 0 Å². The average Bonchev–Trinajstić information content (AvgIpc) is 3.44. The number of nitrogens with one attached hydrogen (secondary N) is 1. The van der Waals surface area contributed by atoms with Gasteiger partial charge in [-0.3, -0.25) is 4.40 Å². The zero-order valence-electron chi connectivity index (χ0n) is 17.9. The lowest BCUT2D eigenvalue weighted by Crippen LogP contribution is -2.35. The predicted octanol–water partition coefficient (Wildman–Crippen LogP) is 2.16. The number of nitrogens with zero attached hydrogens (tertiary/aromatic N) is 6. The van der Waals surface area contributed by atoms with E-state index in [1.807, 2.05) is 24.4 Å². The van der Waals surface area contributed by atoms with Crippen LogP contribution >= 0.6 is 0 Å². The number of hydrogen-bond donors (Lipinski definition) is 1. The molecule has 3 aromatic rings. The Balaban J connectivity index is 1.22. The molecule has 168 valence electrons. The summed E-state index contributed by atoms with van der Waals surface area (Å²) in [5.41, 5.74) is 1.83. The number of fused-ring (bicyclic) bond motifs is 2. The smallest absolute Gasteiger partial charge is 0.227 e. The molecule has 2 saturated heterocycles. The number of aromatic nitrogens is 5. The Morgan fingerprint density at radius 1 is 1.06 bits per heavy atom. The van der Waals surface area contributed by atoms with E-state index in [0.717, 1.165) is 92.2 Å². The maximum absolute atomic E-state index is 12.6. The summed E-state index contributed by atoms with van der Waals surface area (Å²) >= 11 is -1.02. The zero-order valence-corrected chi connectivity index (χ0v) is 18.8. The van der Waals surface area contributed by atoms with Crippen molar-refractivity contribution in [2.45, 2.75) is 49.0 Å². The number of anilines is 2. The summed E-state index contributed by atoms with van der Waals surface area (Å²) in [6.45, 7) is 3.24. The van der Waals surface area contributed by atoms with Gasteiger partial charge in [0.05, 0.1) is 0 Å². The van der Waals surface area contributed by atoms with Gasteiger partial charge in [0, 0.05) is 50.9 Å². The van der Waals surface area contributed by atoms with Crippen LogP contribution in [0.15, 0.2) is 29.3 Å². The highest BCUT2D eigenvalue weighted by Crippen LogP contribution is 2.35. The molecule has 1 unspecified atom stereocenters. The van der Waals surface area contributed by atoms with Gasteiger partial charge in [-0.05, 0) is 49.0 Å². The van der Waals surface area contributed by atoms with Crippen molar-refractivity contribution in [3.05, 3.63) is 35.9 Å². The Bertz CT molecular complexity index is 1110. The molecule has 32 heavy (non-hydrogen) atoms. The first-order chi connectivity index (χ1) is 15.8. The molecule has 0 saturated carbocycles. The molecule has 0 radical (unpaired) electrons. The van der Waals surface area contributed by atoms with E-state index < -0.39 is 11.2 Å². The maximum atomic E-state index is 12.6. The van der Waals surface area contributed by atoms with Crippen LogP contribution in [0.5, 0.6) is 0 Å². The third kappa shape index (κ3) is 3.70. The molecule has 6 heterocycles. The Labute approximate surface area is 189 Å². The second-order valence-corrected chi connectivity index (χ2v) is 10.2. The molecule has 3 aliphatic heterocycles. The fraction of sp³-hybridized carbons (Fsp3) is 0.545. The molecule has 1 N–H and O–H groups in total. The first-order valence-electron chi connectivity index (χ1n) is 11.4. The average molecular weight is 454 g/mol. The van der Waals surface area contributed by atoms with Crippen LogP contribution in [0, 0.1) is 0 Å². The molecule has 0 amide bonds. The second-order valence-electron chi connectivity index (χ2n) is 8.73. The lowest BCUT2D eigenvalue weighted by atomic mass is 9.96. The SMILES string of the molecule is [O-][S+]1CCc2nc(N3CCC(c4nnc5ccccn45)CC3)nc(NC3CCOCC3)c21. The van der Waals surface area contributed by atoms with Crippen LogP contribution in [0.1, 0.15) is 43.1 Å². The Kier molecular flexibility index (Phi) is 5.36. The molecule has 1 atom stereocenters. The number of piperidine rings is 1. The summed E-state index contributed by atoms with van der Waals surface area (Å²) in [6.07, 6.45) is 6.63. The lowest BCUT2D eigenvalue weighted by molar-refractivity contribution is 0.0903. The minimum absolute atomic E-state index is 0.306. The monoisotopic (exact) mass is 453 g/mol. The first kappa shape index (κ1) is 20.2. The van der Waals surface area contributed by atoms with Gasteiger partial charge in [0.1, 0.15) is 17.3 Å². The zero-order chi connectivity index (χ0) is 21.5. The van der Waals surface area contributed by atoms with Gasteiger partial charge >= 0.3 is 0 Å². The minimum atomic E-state index is -1.02. The van der Waals surface area contributed by atoms with E-state index in [1.54, 1.807) is 0 Å². The van der Waals surface area contributed by atoms with Gasteiger partial charge in [-0.1, -0.05) is 6.07 Å². The fourth-order valence-corrected chi connectivity index (χ4v) is 6.25. The highest BCUT2D eigenvalue weighted by atomic mass is 32.2. The van der Waals surface area contributed by atoms with E-state index in [2.05, 4.69) is 24.8 Å². The largest absolute Gasteiger partial charge is 0.611 e. The van der Waals surface area contributed by atoms with Crippen molar-refractivity contribution in [1.29, 1.82) is 0 Å². The highest BCUT2D eigenvalue weighted by Gasteiger charge is 2.34. The number of pyridine rings is 1. The van der Waals surface area contributed by atoms with Crippen LogP contribution in [-0.4, -0.2) is 67.2 Å².